The van der Waals surface area contributed by atoms with Crippen LogP contribution in [0.1, 0.15) is 29.2 Å². The van der Waals surface area contributed by atoms with Crippen LogP contribution in [0.3, 0.4) is 0 Å². The summed E-state index contributed by atoms with van der Waals surface area (Å²) in [5.41, 5.74) is 13.7. The average molecular weight is 341 g/mol. The number of benzene rings is 2. The molecule has 0 saturated carbocycles. The zero-order chi connectivity index (χ0) is 18.0. The minimum absolute atomic E-state index is 0.0199. The van der Waals surface area contributed by atoms with Crippen molar-refractivity contribution in [3.8, 4) is 0 Å². The summed E-state index contributed by atoms with van der Waals surface area (Å²) in [6.45, 7) is 0.328. The molecule has 5 nitrogen and oxygen atoms in total. The molecule has 0 fully saturated rings. The van der Waals surface area contributed by atoms with E-state index in [0.717, 1.165) is 11.1 Å². The second kappa shape index (κ2) is 7.03. The van der Waals surface area contributed by atoms with Crippen molar-refractivity contribution in [1.82, 2.24) is 4.90 Å². The van der Waals surface area contributed by atoms with E-state index >= 15 is 0 Å². The van der Waals surface area contributed by atoms with Crippen molar-refractivity contribution in [3.63, 3.8) is 0 Å². The van der Waals surface area contributed by atoms with Crippen molar-refractivity contribution in [3.05, 3.63) is 71.0 Å². The second-order valence-corrected chi connectivity index (χ2v) is 6.29. The van der Waals surface area contributed by atoms with Crippen molar-refractivity contribution < 1.29 is 14.0 Å². The van der Waals surface area contributed by atoms with Crippen molar-refractivity contribution in [2.24, 2.45) is 11.5 Å². The van der Waals surface area contributed by atoms with Gasteiger partial charge in [0.05, 0.1) is 0 Å². The van der Waals surface area contributed by atoms with E-state index in [1.54, 1.807) is 24.3 Å². The Morgan fingerprint density at radius 2 is 1.84 bits per heavy atom. The SMILES string of the molecule is NC(=O)C1c2ccccc2CN1C(=O)C[C@H](N)Cc1ccccc1F. The molecule has 3 rings (SSSR count). The van der Waals surface area contributed by atoms with Crippen LogP contribution in [-0.2, 0) is 22.6 Å². The summed E-state index contributed by atoms with van der Waals surface area (Å²) in [7, 11) is 0. The molecule has 2 atom stereocenters. The number of primary amides is 1. The number of rotatable bonds is 5. The standard InChI is InChI=1S/C19H20FN3O2/c20-16-8-4-2-5-12(16)9-14(21)10-17(24)23-11-13-6-1-3-7-15(13)18(23)19(22)25/h1-8,14,18H,9-11,21H2,(H2,22,25)/t14-,18?/m1/s1. The zero-order valence-corrected chi connectivity index (χ0v) is 13.7. The molecule has 1 aliphatic heterocycles. The molecular weight excluding hydrogens is 321 g/mol. The maximum Gasteiger partial charge on any atom is 0.244 e. The monoisotopic (exact) mass is 341 g/mol. The van der Waals surface area contributed by atoms with Crippen LogP contribution in [0.15, 0.2) is 48.5 Å². The third-order valence-electron chi connectivity index (χ3n) is 4.47. The van der Waals surface area contributed by atoms with Crippen LogP contribution in [0, 0.1) is 5.82 Å². The van der Waals surface area contributed by atoms with Gasteiger partial charge in [-0.2, -0.15) is 0 Å². The lowest BCUT2D eigenvalue weighted by atomic mass is 10.0. The van der Waals surface area contributed by atoms with Gasteiger partial charge in [0, 0.05) is 19.0 Å². The highest BCUT2D eigenvalue weighted by Crippen LogP contribution is 2.33. The Hall–Kier alpha value is -2.73. The van der Waals surface area contributed by atoms with Gasteiger partial charge in [0.1, 0.15) is 11.9 Å². The third kappa shape index (κ3) is 3.53. The van der Waals surface area contributed by atoms with Gasteiger partial charge in [-0.25, -0.2) is 4.39 Å². The first-order chi connectivity index (χ1) is 12.0. The maximum absolute atomic E-state index is 13.7. The number of hydrogen-bond acceptors (Lipinski definition) is 3. The van der Waals surface area contributed by atoms with E-state index in [1.807, 2.05) is 18.2 Å². The summed E-state index contributed by atoms with van der Waals surface area (Å²) in [6, 6.07) is 12.4. The predicted octanol–water partition coefficient (Wildman–Crippen LogP) is 1.65. The van der Waals surface area contributed by atoms with Gasteiger partial charge in [-0.15, -0.1) is 0 Å². The number of nitrogens with two attached hydrogens (primary N) is 2. The van der Waals surface area contributed by atoms with Crippen LogP contribution in [-0.4, -0.2) is 22.8 Å². The van der Waals surface area contributed by atoms with E-state index in [9.17, 15) is 14.0 Å². The molecule has 0 aliphatic carbocycles. The van der Waals surface area contributed by atoms with E-state index < -0.39 is 18.0 Å². The normalized spacial score (nSPS) is 17.2. The Labute approximate surface area is 145 Å². The lowest BCUT2D eigenvalue weighted by Gasteiger charge is -2.24. The van der Waals surface area contributed by atoms with Crippen molar-refractivity contribution in [2.75, 3.05) is 0 Å². The first kappa shape index (κ1) is 17.1. The van der Waals surface area contributed by atoms with Crippen molar-refractivity contribution in [1.29, 1.82) is 0 Å². The fourth-order valence-electron chi connectivity index (χ4n) is 3.29. The summed E-state index contributed by atoms with van der Waals surface area (Å²) in [5, 5.41) is 0. The molecule has 1 heterocycles. The molecule has 2 aromatic carbocycles. The van der Waals surface area contributed by atoms with Crippen LogP contribution in [0.5, 0.6) is 0 Å². The number of nitrogens with zero attached hydrogens (tertiary/aromatic N) is 1. The van der Waals surface area contributed by atoms with Gasteiger partial charge in [-0.3, -0.25) is 9.59 Å². The molecule has 1 unspecified atom stereocenters. The van der Waals surface area contributed by atoms with Crippen LogP contribution < -0.4 is 11.5 Å². The zero-order valence-electron chi connectivity index (χ0n) is 13.7. The Bertz CT molecular complexity index is 809. The lowest BCUT2D eigenvalue weighted by molar-refractivity contribution is -0.139. The van der Waals surface area contributed by atoms with Crippen LogP contribution >= 0.6 is 0 Å². The summed E-state index contributed by atoms with van der Waals surface area (Å²) >= 11 is 0. The number of carbonyl (C=O) groups is 2. The molecule has 0 radical (unpaired) electrons. The van der Waals surface area contributed by atoms with E-state index in [2.05, 4.69) is 0 Å². The van der Waals surface area contributed by atoms with Crippen LogP contribution in [0.2, 0.25) is 0 Å². The van der Waals surface area contributed by atoms with Gasteiger partial charge < -0.3 is 16.4 Å². The summed E-state index contributed by atoms with van der Waals surface area (Å²) in [6.07, 6.45) is 0.270. The molecule has 4 N–H and O–H groups in total. The van der Waals surface area contributed by atoms with E-state index in [0.29, 0.717) is 12.1 Å². The van der Waals surface area contributed by atoms with E-state index in [1.165, 1.54) is 11.0 Å². The lowest BCUT2D eigenvalue weighted by Crippen LogP contribution is -2.40. The fourth-order valence-corrected chi connectivity index (χ4v) is 3.29. The molecule has 25 heavy (non-hydrogen) atoms. The molecule has 1 aliphatic rings. The minimum atomic E-state index is -0.774. The molecule has 130 valence electrons. The van der Waals surface area contributed by atoms with Crippen LogP contribution in [0.25, 0.3) is 0 Å². The Balaban J connectivity index is 1.71. The fraction of sp³-hybridized carbons (Fsp3) is 0.263. The van der Waals surface area contributed by atoms with Gasteiger partial charge in [-0.1, -0.05) is 42.5 Å². The third-order valence-corrected chi connectivity index (χ3v) is 4.47. The Morgan fingerprint density at radius 3 is 2.56 bits per heavy atom. The highest BCUT2D eigenvalue weighted by atomic mass is 19.1. The van der Waals surface area contributed by atoms with E-state index in [4.69, 9.17) is 11.5 Å². The largest absolute Gasteiger partial charge is 0.368 e. The van der Waals surface area contributed by atoms with Crippen LogP contribution in [0.4, 0.5) is 4.39 Å². The number of fused-ring (bicyclic) bond motifs is 1. The number of hydrogen-bond donors (Lipinski definition) is 2. The van der Waals surface area contributed by atoms with Gasteiger partial charge in [0.25, 0.3) is 0 Å². The topological polar surface area (TPSA) is 89.4 Å². The molecule has 0 aromatic heterocycles. The Kier molecular flexibility index (Phi) is 4.81. The maximum atomic E-state index is 13.7. The van der Waals surface area contributed by atoms with Crippen molar-refractivity contribution >= 4 is 11.8 Å². The number of amides is 2. The summed E-state index contributed by atoms with van der Waals surface area (Å²) in [5.74, 6) is -1.17. The molecule has 6 heteroatoms. The molecule has 2 aromatic rings. The number of halogens is 1. The highest BCUT2D eigenvalue weighted by Gasteiger charge is 2.37. The first-order valence-corrected chi connectivity index (χ1v) is 8.13. The quantitative estimate of drug-likeness (QED) is 0.866. The smallest absolute Gasteiger partial charge is 0.244 e. The molecule has 0 spiro atoms. The predicted molar refractivity (Wildman–Crippen MR) is 91.6 cm³/mol. The van der Waals surface area contributed by atoms with Gasteiger partial charge >= 0.3 is 0 Å². The van der Waals surface area contributed by atoms with Gasteiger partial charge in [-0.05, 0) is 29.2 Å². The summed E-state index contributed by atoms with van der Waals surface area (Å²) < 4.78 is 13.7. The summed E-state index contributed by atoms with van der Waals surface area (Å²) in [4.78, 5) is 26.0. The highest BCUT2D eigenvalue weighted by molar-refractivity contribution is 5.89. The van der Waals surface area contributed by atoms with E-state index in [-0.39, 0.29) is 24.6 Å². The van der Waals surface area contributed by atoms with Crippen molar-refractivity contribution in [2.45, 2.75) is 31.5 Å². The minimum Gasteiger partial charge on any atom is -0.368 e. The molecule has 2 amide bonds. The molecular formula is C19H20FN3O2. The van der Waals surface area contributed by atoms with Gasteiger partial charge in [0.15, 0.2) is 0 Å². The van der Waals surface area contributed by atoms with Gasteiger partial charge in [0.2, 0.25) is 11.8 Å². The molecule has 0 bridgehead atoms. The Morgan fingerprint density at radius 1 is 1.16 bits per heavy atom. The first-order valence-electron chi connectivity index (χ1n) is 8.13. The second-order valence-electron chi connectivity index (χ2n) is 6.29. The molecule has 0 saturated heterocycles. The average Bonchev–Trinajstić information content (AvgIpc) is 2.96. The number of carbonyl (C=O) groups excluding carboxylic acids is 2.